The minimum Gasteiger partial charge on any atom is -0.497 e. The molecule has 2 atom stereocenters. The first kappa shape index (κ1) is 16.3. The van der Waals surface area contributed by atoms with E-state index in [1.807, 2.05) is 12.1 Å². The van der Waals surface area contributed by atoms with Gasteiger partial charge in [-0.1, -0.05) is 12.1 Å². The molecule has 118 valence electrons. The third-order valence-corrected chi connectivity index (χ3v) is 4.44. The van der Waals surface area contributed by atoms with Crippen LogP contribution in [0.1, 0.15) is 31.4 Å². The number of nitrogens with two attached hydrogens (primary N) is 1. The molecule has 0 aromatic heterocycles. The molecule has 0 radical (unpaired) electrons. The lowest BCUT2D eigenvalue weighted by atomic mass is 10.1. The third kappa shape index (κ3) is 4.70. The number of hydrogen-bond donors (Lipinski definition) is 1. The fourth-order valence-corrected chi connectivity index (χ4v) is 2.76. The maximum absolute atomic E-state index is 6.39. The number of rotatable bonds is 9. The summed E-state index contributed by atoms with van der Waals surface area (Å²) < 4.78 is 10.4. The third-order valence-electron chi connectivity index (χ3n) is 4.44. The zero-order chi connectivity index (χ0) is 15.2. The molecule has 1 fully saturated rings. The average Bonchev–Trinajstić information content (AvgIpc) is 3.35. The maximum Gasteiger partial charge on any atom is 0.118 e. The first-order valence-electron chi connectivity index (χ1n) is 7.78. The summed E-state index contributed by atoms with van der Waals surface area (Å²) in [4.78, 5) is 2.47. The lowest BCUT2D eigenvalue weighted by Gasteiger charge is -2.31. The van der Waals surface area contributed by atoms with Crippen molar-refractivity contribution in [1.29, 1.82) is 0 Å². The van der Waals surface area contributed by atoms with E-state index in [2.05, 4.69) is 24.0 Å². The van der Waals surface area contributed by atoms with E-state index in [9.17, 15) is 0 Å². The molecular formula is C17H28N2O2. The molecule has 0 aliphatic heterocycles. The Morgan fingerprint density at radius 2 is 1.90 bits per heavy atom. The van der Waals surface area contributed by atoms with Crippen LogP contribution in [0.25, 0.3) is 0 Å². The Morgan fingerprint density at radius 1 is 1.24 bits per heavy atom. The summed E-state index contributed by atoms with van der Waals surface area (Å²) in [6.07, 6.45) is 2.70. The van der Waals surface area contributed by atoms with Gasteiger partial charge in [-0.25, -0.2) is 0 Å². The molecule has 0 bridgehead atoms. The molecule has 4 nitrogen and oxygen atoms in total. The van der Waals surface area contributed by atoms with Crippen molar-refractivity contribution >= 4 is 0 Å². The molecule has 1 saturated carbocycles. The fraction of sp³-hybridized carbons (Fsp3) is 0.647. The van der Waals surface area contributed by atoms with Gasteiger partial charge in [0.1, 0.15) is 5.75 Å². The number of nitrogens with zero attached hydrogens (tertiary/aromatic N) is 1. The lowest BCUT2D eigenvalue weighted by Crippen LogP contribution is -2.41. The number of ether oxygens (including phenoxy) is 2. The molecule has 2 rings (SSSR count). The van der Waals surface area contributed by atoms with Gasteiger partial charge < -0.3 is 15.2 Å². The van der Waals surface area contributed by atoms with Gasteiger partial charge in [0.15, 0.2) is 0 Å². The molecule has 21 heavy (non-hydrogen) atoms. The van der Waals surface area contributed by atoms with Crippen molar-refractivity contribution in [1.82, 2.24) is 4.90 Å². The van der Waals surface area contributed by atoms with Gasteiger partial charge >= 0.3 is 0 Å². The van der Waals surface area contributed by atoms with Crippen LogP contribution in [0.15, 0.2) is 24.3 Å². The van der Waals surface area contributed by atoms with Crippen LogP contribution in [-0.2, 0) is 4.74 Å². The second kappa shape index (κ2) is 7.78. The topological polar surface area (TPSA) is 47.7 Å². The molecule has 2 N–H and O–H groups in total. The smallest absolute Gasteiger partial charge is 0.118 e. The number of hydrogen-bond acceptors (Lipinski definition) is 4. The van der Waals surface area contributed by atoms with Crippen molar-refractivity contribution in [2.45, 2.75) is 31.8 Å². The molecule has 1 aliphatic carbocycles. The van der Waals surface area contributed by atoms with Gasteiger partial charge in [0.2, 0.25) is 0 Å². The Bertz CT molecular complexity index is 417. The SMILES string of the molecule is COCCN(CC(N)c1ccc(OC)cc1)C(C)C1CC1. The summed E-state index contributed by atoms with van der Waals surface area (Å²) >= 11 is 0. The Balaban J connectivity index is 1.96. The summed E-state index contributed by atoms with van der Waals surface area (Å²) in [7, 11) is 3.43. The van der Waals surface area contributed by atoms with Gasteiger partial charge in [0.05, 0.1) is 13.7 Å². The van der Waals surface area contributed by atoms with Gasteiger partial charge in [0.25, 0.3) is 0 Å². The van der Waals surface area contributed by atoms with Crippen LogP contribution in [0.3, 0.4) is 0 Å². The molecule has 1 aliphatic rings. The monoisotopic (exact) mass is 292 g/mol. The summed E-state index contributed by atoms with van der Waals surface area (Å²) in [5.41, 5.74) is 7.55. The average molecular weight is 292 g/mol. The van der Waals surface area contributed by atoms with Gasteiger partial charge in [-0.05, 0) is 43.4 Å². The van der Waals surface area contributed by atoms with E-state index in [0.717, 1.165) is 36.9 Å². The van der Waals surface area contributed by atoms with Crippen LogP contribution in [0.2, 0.25) is 0 Å². The molecule has 1 aromatic rings. The second-order valence-corrected chi connectivity index (χ2v) is 5.95. The van der Waals surface area contributed by atoms with E-state index < -0.39 is 0 Å². The minimum absolute atomic E-state index is 0.0222. The molecule has 2 unspecified atom stereocenters. The summed E-state index contributed by atoms with van der Waals surface area (Å²) in [6, 6.07) is 8.66. The van der Waals surface area contributed by atoms with E-state index in [1.54, 1.807) is 14.2 Å². The largest absolute Gasteiger partial charge is 0.497 e. The standard InChI is InChI=1S/C17H28N2O2/c1-13(14-4-5-14)19(10-11-20-2)12-17(18)15-6-8-16(21-3)9-7-15/h6-9,13-14,17H,4-5,10-12,18H2,1-3H3. The van der Waals surface area contributed by atoms with Gasteiger partial charge in [-0.15, -0.1) is 0 Å². The highest BCUT2D eigenvalue weighted by Crippen LogP contribution is 2.35. The van der Waals surface area contributed by atoms with E-state index in [1.165, 1.54) is 12.8 Å². The Hall–Kier alpha value is -1.10. The van der Waals surface area contributed by atoms with Crippen molar-refractivity contribution in [3.8, 4) is 5.75 Å². The van der Waals surface area contributed by atoms with Crippen molar-refractivity contribution in [2.75, 3.05) is 33.9 Å². The minimum atomic E-state index is 0.0222. The Kier molecular flexibility index (Phi) is 6.03. The van der Waals surface area contributed by atoms with Crippen molar-refractivity contribution in [3.05, 3.63) is 29.8 Å². The molecular weight excluding hydrogens is 264 g/mol. The van der Waals surface area contributed by atoms with Gasteiger partial charge in [-0.3, -0.25) is 4.90 Å². The second-order valence-electron chi connectivity index (χ2n) is 5.95. The summed E-state index contributed by atoms with van der Waals surface area (Å²) in [5, 5.41) is 0. The predicted molar refractivity (Wildman–Crippen MR) is 85.6 cm³/mol. The lowest BCUT2D eigenvalue weighted by molar-refractivity contribution is 0.112. The Labute approximate surface area is 128 Å². The summed E-state index contributed by atoms with van der Waals surface area (Å²) in [5.74, 6) is 1.71. The highest BCUT2D eigenvalue weighted by atomic mass is 16.5. The van der Waals surface area contributed by atoms with Crippen LogP contribution >= 0.6 is 0 Å². The maximum atomic E-state index is 6.39. The first-order chi connectivity index (χ1) is 10.2. The van der Waals surface area contributed by atoms with Crippen LogP contribution in [0, 0.1) is 5.92 Å². The molecule has 0 heterocycles. The highest BCUT2D eigenvalue weighted by molar-refractivity contribution is 5.29. The zero-order valence-electron chi connectivity index (χ0n) is 13.4. The molecule has 0 saturated heterocycles. The molecule has 1 aromatic carbocycles. The van der Waals surface area contributed by atoms with Crippen molar-refractivity contribution in [3.63, 3.8) is 0 Å². The zero-order valence-corrected chi connectivity index (χ0v) is 13.4. The van der Waals surface area contributed by atoms with Crippen LogP contribution in [0.5, 0.6) is 5.75 Å². The van der Waals surface area contributed by atoms with Gasteiger partial charge in [-0.2, -0.15) is 0 Å². The number of benzene rings is 1. The van der Waals surface area contributed by atoms with E-state index in [4.69, 9.17) is 15.2 Å². The Morgan fingerprint density at radius 3 is 2.43 bits per heavy atom. The van der Waals surface area contributed by atoms with Crippen LogP contribution in [-0.4, -0.2) is 44.9 Å². The van der Waals surface area contributed by atoms with E-state index in [-0.39, 0.29) is 6.04 Å². The first-order valence-corrected chi connectivity index (χ1v) is 7.78. The van der Waals surface area contributed by atoms with E-state index in [0.29, 0.717) is 6.04 Å². The normalized spacial score (nSPS) is 17.8. The van der Waals surface area contributed by atoms with Crippen molar-refractivity contribution < 1.29 is 9.47 Å². The van der Waals surface area contributed by atoms with Crippen LogP contribution in [0.4, 0.5) is 0 Å². The molecule has 0 spiro atoms. The number of methoxy groups -OCH3 is 2. The fourth-order valence-electron chi connectivity index (χ4n) is 2.76. The molecule has 4 heteroatoms. The summed E-state index contributed by atoms with van der Waals surface area (Å²) in [6.45, 7) is 4.88. The van der Waals surface area contributed by atoms with Crippen molar-refractivity contribution in [2.24, 2.45) is 11.7 Å². The predicted octanol–water partition coefficient (Wildman–Crippen LogP) is 2.44. The van der Waals surface area contributed by atoms with Gasteiger partial charge in [0, 0.05) is 32.3 Å². The quantitative estimate of drug-likeness (QED) is 0.759. The molecule has 0 amide bonds. The van der Waals surface area contributed by atoms with E-state index >= 15 is 0 Å². The highest BCUT2D eigenvalue weighted by Gasteiger charge is 2.32. The van der Waals surface area contributed by atoms with Crippen LogP contribution < -0.4 is 10.5 Å².